The lowest BCUT2D eigenvalue weighted by molar-refractivity contribution is -0.132. The number of nitrogens with one attached hydrogen (secondary N) is 1. The smallest absolute Gasteiger partial charge is 0.222 e. The fraction of sp³-hybridized carbons (Fsp3) is 0.500. The number of likely N-dealkylation sites (N-methyl/N-ethyl adjacent to an activating group) is 1. The summed E-state index contributed by atoms with van der Waals surface area (Å²) < 4.78 is 0. The van der Waals surface area contributed by atoms with Crippen LogP contribution in [0.4, 0.5) is 0 Å². The van der Waals surface area contributed by atoms with Crippen LogP contribution in [-0.2, 0) is 11.2 Å². The molecule has 0 radical (unpaired) electrons. The number of carbonyl (C=O) groups is 1. The summed E-state index contributed by atoms with van der Waals surface area (Å²) >= 11 is 0. The van der Waals surface area contributed by atoms with Crippen molar-refractivity contribution in [1.29, 1.82) is 0 Å². The maximum absolute atomic E-state index is 11.9. The average molecular weight is 269 g/mol. The lowest BCUT2D eigenvalue weighted by Gasteiger charge is -2.35. The molecule has 0 spiro atoms. The first kappa shape index (κ1) is 15.0. The summed E-state index contributed by atoms with van der Waals surface area (Å²) in [5.74, 6) is 0.247. The second-order valence-electron chi connectivity index (χ2n) is 4.80. The van der Waals surface area contributed by atoms with Gasteiger partial charge in [-0.2, -0.15) is 0 Å². The van der Waals surface area contributed by atoms with Crippen molar-refractivity contribution in [3.8, 4) is 0 Å². The summed E-state index contributed by atoms with van der Waals surface area (Å²) in [7, 11) is 1.91. The molecule has 0 aromatic heterocycles. The molecule has 0 aliphatic carbocycles. The fourth-order valence-corrected chi connectivity index (χ4v) is 1.93. The molecule has 0 saturated carbocycles. The van der Waals surface area contributed by atoms with E-state index in [-0.39, 0.29) is 18.3 Å². The zero-order valence-corrected chi connectivity index (χ0v) is 11.8. The molecule has 0 atom stereocenters. The number of carbonyl (C=O) groups excluding carboxylic acids is 1. The molecule has 1 amide bonds. The molecule has 1 fully saturated rings. The number of hydrogen-bond donors (Lipinski definition) is 1. The molecular formula is C14H21ClN2O. The zero-order valence-electron chi connectivity index (χ0n) is 11.0. The van der Waals surface area contributed by atoms with Crippen molar-refractivity contribution in [1.82, 2.24) is 10.2 Å². The minimum Gasteiger partial charge on any atom is -0.340 e. The summed E-state index contributed by atoms with van der Waals surface area (Å²) in [6.07, 6.45) is 1.44. The van der Waals surface area contributed by atoms with Gasteiger partial charge in [0, 0.05) is 26.6 Å². The highest BCUT2D eigenvalue weighted by Gasteiger charge is 2.24. The Morgan fingerprint density at radius 3 is 2.44 bits per heavy atom. The van der Waals surface area contributed by atoms with Crippen LogP contribution in [0.3, 0.4) is 0 Å². The van der Waals surface area contributed by atoms with Crippen LogP contribution in [0.15, 0.2) is 24.3 Å². The third kappa shape index (κ3) is 3.72. The van der Waals surface area contributed by atoms with Gasteiger partial charge >= 0.3 is 0 Å². The van der Waals surface area contributed by atoms with Gasteiger partial charge in [0.15, 0.2) is 0 Å². The van der Waals surface area contributed by atoms with Crippen LogP contribution < -0.4 is 5.32 Å². The lowest BCUT2D eigenvalue weighted by Crippen LogP contribution is -2.57. The molecule has 18 heavy (non-hydrogen) atoms. The molecule has 0 bridgehead atoms. The first-order valence-corrected chi connectivity index (χ1v) is 6.19. The van der Waals surface area contributed by atoms with Gasteiger partial charge in [0.05, 0.1) is 6.04 Å². The highest BCUT2D eigenvalue weighted by Crippen LogP contribution is 2.09. The molecule has 0 unspecified atom stereocenters. The Balaban J connectivity index is 0.00000162. The Bertz CT molecular complexity index is 387. The Hall–Kier alpha value is -1.06. The van der Waals surface area contributed by atoms with Gasteiger partial charge in [0.25, 0.3) is 0 Å². The predicted octanol–water partition coefficient (Wildman–Crippen LogP) is 1.78. The Morgan fingerprint density at radius 1 is 1.33 bits per heavy atom. The van der Waals surface area contributed by atoms with Crippen LogP contribution >= 0.6 is 12.4 Å². The van der Waals surface area contributed by atoms with E-state index in [9.17, 15) is 4.79 Å². The van der Waals surface area contributed by atoms with Gasteiger partial charge in [0.1, 0.15) is 0 Å². The standard InChI is InChI=1S/C14H20N2O.ClH/c1-11-3-5-12(6-4-11)7-8-14(17)16(2)13-9-15-10-13;/h3-6,13,15H,7-10H2,1-2H3;1H. The van der Waals surface area contributed by atoms with Crippen LogP contribution in [0.25, 0.3) is 0 Å². The molecule has 1 aromatic rings. The Labute approximate surface area is 115 Å². The molecule has 1 N–H and O–H groups in total. The van der Waals surface area contributed by atoms with Crippen molar-refractivity contribution in [3.05, 3.63) is 35.4 Å². The number of benzene rings is 1. The number of halogens is 1. The van der Waals surface area contributed by atoms with E-state index >= 15 is 0 Å². The summed E-state index contributed by atoms with van der Waals surface area (Å²) in [6.45, 7) is 3.95. The van der Waals surface area contributed by atoms with Crippen molar-refractivity contribution < 1.29 is 4.79 Å². The topological polar surface area (TPSA) is 32.3 Å². The maximum atomic E-state index is 11.9. The number of amides is 1. The first-order valence-electron chi connectivity index (χ1n) is 6.19. The molecule has 4 heteroatoms. The van der Waals surface area contributed by atoms with E-state index in [0.717, 1.165) is 19.5 Å². The normalized spacial score (nSPS) is 14.6. The Kier molecular flexibility index (Phi) is 5.63. The molecule has 1 aromatic carbocycles. The van der Waals surface area contributed by atoms with Crippen molar-refractivity contribution in [3.63, 3.8) is 0 Å². The predicted molar refractivity (Wildman–Crippen MR) is 76.2 cm³/mol. The van der Waals surface area contributed by atoms with Crippen molar-refractivity contribution in [2.45, 2.75) is 25.8 Å². The summed E-state index contributed by atoms with van der Waals surface area (Å²) in [5, 5.41) is 3.18. The molecule has 1 aliphatic heterocycles. The molecule has 1 aliphatic rings. The lowest BCUT2D eigenvalue weighted by atomic mass is 10.1. The van der Waals surface area contributed by atoms with Crippen LogP contribution in [0.1, 0.15) is 17.5 Å². The van der Waals surface area contributed by atoms with Gasteiger partial charge in [-0.1, -0.05) is 29.8 Å². The average Bonchev–Trinajstić information content (AvgIpc) is 2.25. The van der Waals surface area contributed by atoms with Gasteiger partial charge in [0.2, 0.25) is 5.91 Å². The highest BCUT2D eigenvalue weighted by atomic mass is 35.5. The first-order chi connectivity index (χ1) is 8.16. The molecule has 2 rings (SSSR count). The van der Waals surface area contributed by atoms with Gasteiger partial charge in [-0.3, -0.25) is 4.79 Å². The van der Waals surface area contributed by atoms with Gasteiger partial charge in [-0.15, -0.1) is 12.4 Å². The number of aryl methyl sites for hydroxylation is 2. The Morgan fingerprint density at radius 2 is 1.94 bits per heavy atom. The largest absolute Gasteiger partial charge is 0.340 e. The number of hydrogen-bond acceptors (Lipinski definition) is 2. The van der Waals surface area contributed by atoms with Crippen molar-refractivity contribution in [2.24, 2.45) is 0 Å². The minimum absolute atomic E-state index is 0. The fourth-order valence-electron chi connectivity index (χ4n) is 1.93. The van der Waals surface area contributed by atoms with Crippen molar-refractivity contribution in [2.75, 3.05) is 20.1 Å². The summed E-state index contributed by atoms with van der Waals surface area (Å²) in [6, 6.07) is 8.81. The molecule has 3 nitrogen and oxygen atoms in total. The van der Waals surface area contributed by atoms with Gasteiger partial charge < -0.3 is 10.2 Å². The van der Waals surface area contributed by atoms with Gasteiger partial charge in [-0.05, 0) is 18.9 Å². The third-order valence-electron chi connectivity index (χ3n) is 3.45. The van der Waals surface area contributed by atoms with Crippen LogP contribution in [0.2, 0.25) is 0 Å². The third-order valence-corrected chi connectivity index (χ3v) is 3.45. The molecule has 1 heterocycles. The second-order valence-corrected chi connectivity index (χ2v) is 4.80. The van der Waals surface area contributed by atoms with E-state index in [4.69, 9.17) is 0 Å². The van der Waals surface area contributed by atoms with E-state index in [1.54, 1.807) is 0 Å². The van der Waals surface area contributed by atoms with Crippen LogP contribution in [0, 0.1) is 6.92 Å². The minimum atomic E-state index is 0. The molecule has 100 valence electrons. The van der Waals surface area contributed by atoms with E-state index in [1.165, 1.54) is 11.1 Å². The highest BCUT2D eigenvalue weighted by molar-refractivity contribution is 5.85. The molecule has 1 saturated heterocycles. The summed E-state index contributed by atoms with van der Waals surface area (Å²) in [4.78, 5) is 13.8. The van der Waals surface area contributed by atoms with E-state index in [1.807, 2.05) is 11.9 Å². The van der Waals surface area contributed by atoms with E-state index in [0.29, 0.717) is 12.5 Å². The SMILES string of the molecule is Cc1ccc(CCC(=O)N(C)C2CNC2)cc1.Cl. The van der Waals surface area contributed by atoms with Crippen LogP contribution in [0.5, 0.6) is 0 Å². The second kappa shape index (κ2) is 6.76. The van der Waals surface area contributed by atoms with E-state index in [2.05, 4.69) is 36.5 Å². The quantitative estimate of drug-likeness (QED) is 0.903. The molecular weight excluding hydrogens is 248 g/mol. The monoisotopic (exact) mass is 268 g/mol. The maximum Gasteiger partial charge on any atom is 0.222 e. The van der Waals surface area contributed by atoms with Gasteiger partial charge in [-0.25, -0.2) is 0 Å². The number of nitrogens with zero attached hydrogens (tertiary/aromatic N) is 1. The zero-order chi connectivity index (χ0) is 12.3. The van der Waals surface area contributed by atoms with Crippen LogP contribution in [-0.4, -0.2) is 37.0 Å². The summed E-state index contributed by atoms with van der Waals surface area (Å²) in [5.41, 5.74) is 2.50. The van der Waals surface area contributed by atoms with E-state index < -0.39 is 0 Å². The number of rotatable bonds is 4. The van der Waals surface area contributed by atoms with Crippen molar-refractivity contribution >= 4 is 18.3 Å².